The number of fused-ring (bicyclic) bond motifs is 1. The highest BCUT2D eigenvalue weighted by Crippen LogP contribution is 2.33. The zero-order chi connectivity index (χ0) is 26.2. The predicted molar refractivity (Wildman–Crippen MR) is 139 cm³/mol. The second-order valence-electron chi connectivity index (χ2n) is 8.75. The minimum absolute atomic E-state index is 0.286. The third-order valence-corrected chi connectivity index (χ3v) is 7.80. The molecule has 0 spiro atoms. The van der Waals surface area contributed by atoms with Crippen LogP contribution in [0.15, 0.2) is 58.3 Å². The van der Waals surface area contributed by atoms with Crippen LogP contribution in [0.2, 0.25) is 0 Å². The van der Waals surface area contributed by atoms with Crippen molar-refractivity contribution >= 4 is 58.0 Å². The maximum absolute atomic E-state index is 11.7. The summed E-state index contributed by atoms with van der Waals surface area (Å²) >= 11 is 1.75. The second kappa shape index (κ2) is 10.3. The van der Waals surface area contributed by atoms with Crippen LogP contribution in [0.4, 0.5) is 9.59 Å². The maximum Gasteiger partial charge on any atom is 0.290 e. The molecule has 4 aliphatic heterocycles. The number of ether oxygens (including phenoxy) is 4. The Morgan fingerprint density at radius 1 is 0.658 bits per heavy atom. The van der Waals surface area contributed by atoms with Crippen LogP contribution >= 0.6 is 23.5 Å². The molecule has 4 saturated heterocycles. The summed E-state index contributed by atoms with van der Waals surface area (Å²) in [4.78, 5) is 46.8. The van der Waals surface area contributed by atoms with Crippen LogP contribution in [0, 0.1) is 0 Å². The Labute approximate surface area is 225 Å². The van der Waals surface area contributed by atoms with Gasteiger partial charge in [-0.1, -0.05) is 24.3 Å². The van der Waals surface area contributed by atoms with Crippen molar-refractivity contribution in [1.29, 1.82) is 0 Å². The van der Waals surface area contributed by atoms with Gasteiger partial charge in [0.05, 0.1) is 23.0 Å². The van der Waals surface area contributed by atoms with Crippen molar-refractivity contribution in [3.63, 3.8) is 0 Å². The highest BCUT2D eigenvalue weighted by Gasteiger charge is 2.50. The molecule has 0 aromatic heterocycles. The van der Waals surface area contributed by atoms with Crippen molar-refractivity contribution in [2.24, 2.45) is 0 Å². The van der Waals surface area contributed by atoms with Crippen LogP contribution in [0.5, 0.6) is 11.5 Å². The van der Waals surface area contributed by atoms with Gasteiger partial charge in [-0.25, -0.2) is 0 Å². The molecule has 0 saturated carbocycles. The molecule has 0 aliphatic carbocycles. The van der Waals surface area contributed by atoms with Gasteiger partial charge in [-0.2, -0.15) is 0 Å². The zero-order valence-electron chi connectivity index (χ0n) is 19.6. The number of hydrogen-bond donors (Lipinski definition) is 2. The summed E-state index contributed by atoms with van der Waals surface area (Å²) in [7, 11) is 0. The van der Waals surface area contributed by atoms with Gasteiger partial charge in [0, 0.05) is 0 Å². The molecule has 38 heavy (non-hydrogen) atoms. The molecule has 4 fully saturated rings. The highest BCUT2D eigenvalue weighted by molar-refractivity contribution is 8.18. The van der Waals surface area contributed by atoms with E-state index in [1.54, 1.807) is 36.4 Å². The van der Waals surface area contributed by atoms with Gasteiger partial charge in [-0.15, -0.1) is 0 Å². The lowest BCUT2D eigenvalue weighted by Crippen LogP contribution is -2.36. The smallest absolute Gasteiger partial charge is 0.290 e. The first-order valence-corrected chi connectivity index (χ1v) is 13.3. The number of carbonyl (C=O) groups is 4. The van der Waals surface area contributed by atoms with Crippen LogP contribution in [0.25, 0.3) is 12.2 Å². The molecule has 12 heteroatoms. The molecule has 4 amide bonds. The topological polar surface area (TPSA) is 129 Å². The van der Waals surface area contributed by atoms with Gasteiger partial charge in [-0.3, -0.25) is 29.8 Å². The summed E-state index contributed by atoms with van der Waals surface area (Å²) in [5, 5.41) is 3.71. The summed E-state index contributed by atoms with van der Waals surface area (Å²) < 4.78 is 24.2. The van der Waals surface area contributed by atoms with E-state index in [0.29, 0.717) is 34.5 Å². The molecule has 194 valence electrons. The molecule has 6 rings (SSSR count). The summed E-state index contributed by atoms with van der Waals surface area (Å²) in [6.07, 6.45) is 2.12. The van der Waals surface area contributed by atoms with Crippen LogP contribution in [-0.2, 0) is 19.1 Å². The van der Waals surface area contributed by atoms with E-state index in [4.69, 9.17) is 18.9 Å². The summed E-state index contributed by atoms with van der Waals surface area (Å²) in [6.45, 7) is 0.704. The predicted octanol–water partition coefficient (Wildman–Crippen LogP) is 3.33. The van der Waals surface area contributed by atoms with Crippen molar-refractivity contribution in [2.75, 3.05) is 13.2 Å². The summed E-state index contributed by atoms with van der Waals surface area (Å²) in [5.74, 6) is 0.476. The van der Waals surface area contributed by atoms with Gasteiger partial charge >= 0.3 is 0 Å². The Kier molecular flexibility index (Phi) is 6.70. The van der Waals surface area contributed by atoms with E-state index in [0.717, 1.165) is 34.7 Å². The number of rotatable bonds is 6. The van der Waals surface area contributed by atoms with Crippen molar-refractivity contribution in [3.8, 4) is 11.5 Å². The van der Waals surface area contributed by atoms with E-state index in [1.165, 1.54) is 0 Å². The molecule has 0 unspecified atom stereocenters. The van der Waals surface area contributed by atoms with Crippen molar-refractivity contribution in [1.82, 2.24) is 10.6 Å². The van der Waals surface area contributed by atoms with Gasteiger partial charge in [0.2, 0.25) is 0 Å². The Balaban J connectivity index is 1.04. The van der Waals surface area contributed by atoms with Gasteiger partial charge < -0.3 is 18.9 Å². The molecular formula is C26H20N2O8S2. The van der Waals surface area contributed by atoms with E-state index in [9.17, 15) is 19.2 Å². The first-order chi connectivity index (χ1) is 18.4. The lowest BCUT2D eigenvalue weighted by atomic mass is 10.1. The average Bonchev–Trinajstić information content (AvgIpc) is 3.63. The lowest BCUT2D eigenvalue weighted by molar-refractivity contribution is -0.116. The Morgan fingerprint density at radius 2 is 1.05 bits per heavy atom. The van der Waals surface area contributed by atoms with E-state index in [1.807, 2.05) is 24.3 Å². The summed E-state index contributed by atoms with van der Waals surface area (Å²) in [5.41, 5.74) is 1.55. The standard InChI is InChI=1S/C26H20N2O8S2/c29-23-19(37-25(31)27-23)9-13-1-5-15(6-2-13)35-17-11-33-22-18(12-34-21(17)22)36-16-7-3-14(4-8-16)10-20-24(30)28-26(32)38-20/h1-10,17-18,21-22H,11-12H2,(H,27,29,31)(H,28,30,32)/t17-,18+,21-,22-/m1/s1. The normalized spacial score (nSPS) is 28.6. The van der Waals surface area contributed by atoms with E-state index >= 15 is 0 Å². The summed E-state index contributed by atoms with van der Waals surface area (Å²) in [6, 6.07) is 14.4. The number of nitrogens with one attached hydrogen (secondary N) is 2. The number of hydrogen-bond acceptors (Lipinski definition) is 10. The van der Waals surface area contributed by atoms with Gasteiger partial charge in [0.25, 0.3) is 22.3 Å². The fourth-order valence-corrected chi connectivity index (χ4v) is 5.78. The minimum atomic E-state index is -0.396. The van der Waals surface area contributed by atoms with Crippen LogP contribution in [0.1, 0.15) is 11.1 Å². The zero-order valence-corrected chi connectivity index (χ0v) is 21.2. The maximum atomic E-state index is 11.7. The fourth-order valence-electron chi connectivity index (χ4n) is 4.41. The third-order valence-electron chi connectivity index (χ3n) is 6.18. The highest BCUT2D eigenvalue weighted by atomic mass is 32.2. The molecule has 2 aromatic rings. The Bertz CT molecular complexity index is 1270. The van der Waals surface area contributed by atoms with E-state index in [2.05, 4.69) is 10.6 Å². The monoisotopic (exact) mass is 552 g/mol. The van der Waals surface area contributed by atoms with Crippen molar-refractivity contribution in [3.05, 3.63) is 69.5 Å². The Hall–Kier alpha value is -3.58. The Morgan fingerprint density at radius 3 is 1.39 bits per heavy atom. The van der Waals surface area contributed by atoms with E-state index < -0.39 is 11.8 Å². The number of imide groups is 2. The number of amides is 4. The molecule has 4 heterocycles. The van der Waals surface area contributed by atoms with Gasteiger partial charge in [-0.05, 0) is 71.1 Å². The molecule has 0 bridgehead atoms. The fraction of sp³-hybridized carbons (Fsp3) is 0.231. The molecule has 4 atom stereocenters. The minimum Gasteiger partial charge on any atom is -0.485 e. The SMILES string of the molecule is O=C1NC(=O)C(=Cc2ccc(O[C@H]3CO[C@H]4[C@@H]3OC[C@H]4Oc3ccc(C=C4SC(=O)NC4=O)cc3)cc2)S1. The quantitative estimate of drug-likeness (QED) is 0.515. The van der Waals surface area contributed by atoms with Gasteiger partial charge in [0.15, 0.2) is 12.2 Å². The molecule has 4 aliphatic rings. The molecule has 2 aromatic carbocycles. The van der Waals surface area contributed by atoms with Crippen LogP contribution in [0.3, 0.4) is 0 Å². The largest absolute Gasteiger partial charge is 0.485 e. The van der Waals surface area contributed by atoms with Crippen molar-refractivity contribution < 1.29 is 38.1 Å². The van der Waals surface area contributed by atoms with Gasteiger partial charge in [0.1, 0.15) is 23.7 Å². The van der Waals surface area contributed by atoms with Crippen LogP contribution in [-0.4, -0.2) is 59.9 Å². The number of carbonyl (C=O) groups excluding carboxylic acids is 4. The van der Waals surface area contributed by atoms with Crippen LogP contribution < -0.4 is 20.1 Å². The lowest BCUT2D eigenvalue weighted by Gasteiger charge is -2.19. The number of benzene rings is 2. The number of thioether (sulfide) groups is 2. The van der Waals surface area contributed by atoms with Crippen molar-refractivity contribution in [2.45, 2.75) is 24.4 Å². The first kappa shape index (κ1) is 24.7. The first-order valence-electron chi connectivity index (χ1n) is 11.7. The second-order valence-corrected chi connectivity index (χ2v) is 10.8. The molecular weight excluding hydrogens is 532 g/mol. The third kappa shape index (κ3) is 5.20. The van der Waals surface area contributed by atoms with E-state index in [-0.39, 0.29) is 34.9 Å². The molecule has 10 nitrogen and oxygen atoms in total. The average molecular weight is 553 g/mol. The molecule has 0 radical (unpaired) electrons. The molecule has 2 N–H and O–H groups in total.